The quantitative estimate of drug-likeness (QED) is 0.864. The molecule has 0 fully saturated rings. The first-order chi connectivity index (χ1) is 7.74. The van der Waals surface area contributed by atoms with Crippen LogP contribution < -0.4 is 5.73 Å². The van der Waals surface area contributed by atoms with Crippen LogP contribution in [0.3, 0.4) is 0 Å². The summed E-state index contributed by atoms with van der Waals surface area (Å²) in [5.41, 5.74) is 9.20. The third-order valence-electron chi connectivity index (χ3n) is 3.41. The number of benzene rings is 1. The van der Waals surface area contributed by atoms with Crippen molar-refractivity contribution in [3.63, 3.8) is 0 Å². The highest BCUT2D eigenvalue weighted by atomic mass is 32.2. The van der Waals surface area contributed by atoms with Crippen molar-refractivity contribution in [3.8, 4) is 0 Å². The van der Waals surface area contributed by atoms with Gasteiger partial charge in [0.15, 0.2) is 0 Å². The number of thioether (sulfide) groups is 1. The standard InChI is InChI=1S/C14H21NS/c1-3-8-16-13-9-10(2)11-6-4-5-7-12(11)14(13)15/h4-7,10,13-14H,3,8-9,15H2,1-2H3. The van der Waals surface area contributed by atoms with E-state index in [1.807, 2.05) is 11.8 Å². The van der Waals surface area contributed by atoms with Crippen LogP contribution >= 0.6 is 11.8 Å². The van der Waals surface area contributed by atoms with Gasteiger partial charge in [0.1, 0.15) is 0 Å². The van der Waals surface area contributed by atoms with Crippen LogP contribution in [0.1, 0.15) is 49.8 Å². The molecule has 1 nitrogen and oxygen atoms in total. The normalized spacial score (nSPS) is 28.8. The molecule has 0 aliphatic heterocycles. The minimum Gasteiger partial charge on any atom is -0.323 e. The topological polar surface area (TPSA) is 26.0 Å². The smallest absolute Gasteiger partial charge is 0.0418 e. The van der Waals surface area contributed by atoms with E-state index in [1.165, 1.54) is 29.7 Å². The Balaban J connectivity index is 2.20. The van der Waals surface area contributed by atoms with E-state index in [-0.39, 0.29) is 6.04 Å². The van der Waals surface area contributed by atoms with Gasteiger partial charge < -0.3 is 5.73 Å². The van der Waals surface area contributed by atoms with E-state index in [2.05, 4.69) is 38.1 Å². The predicted molar refractivity (Wildman–Crippen MR) is 72.9 cm³/mol. The summed E-state index contributed by atoms with van der Waals surface area (Å²) in [6, 6.07) is 8.90. The number of hydrogen-bond donors (Lipinski definition) is 1. The summed E-state index contributed by atoms with van der Waals surface area (Å²) >= 11 is 2.05. The van der Waals surface area contributed by atoms with E-state index in [0.29, 0.717) is 11.2 Å². The molecule has 0 aromatic heterocycles. The number of nitrogens with two attached hydrogens (primary N) is 1. The molecular formula is C14H21NS. The molecular weight excluding hydrogens is 214 g/mol. The minimum absolute atomic E-state index is 0.226. The number of hydrogen-bond acceptors (Lipinski definition) is 2. The summed E-state index contributed by atoms with van der Waals surface area (Å²) in [4.78, 5) is 0. The fourth-order valence-corrected chi connectivity index (χ4v) is 3.84. The van der Waals surface area contributed by atoms with E-state index >= 15 is 0 Å². The summed E-state index contributed by atoms with van der Waals surface area (Å²) in [7, 11) is 0. The Morgan fingerprint density at radius 3 is 2.69 bits per heavy atom. The van der Waals surface area contributed by atoms with Crippen LogP contribution in [-0.2, 0) is 0 Å². The first kappa shape index (κ1) is 12.0. The molecule has 88 valence electrons. The van der Waals surface area contributed by atoms with Crippen molar-refractivity contribution >= 4 is 11.8 Å². The molecule has 1 aliphatic carbocycles. The van der Waals surface area contributed by atoms with Gasteiger partial charge in [-0.1, -0.05) is 38.1 Å². The van der Waals surface area contributed by atoms with Gasteiger partial charge in [-0.15, -0.1) is 0 Å². The highest BCUT2D eigenvalue weighted by molar-refractivity contribution is 7.99. The molecule has 3 unspecified atom stereocenters. The summed E-state index contributed by atoms with van der Waals surface area (Å²) in [6.45, 7) is 4.56. The molecule has 0 amide bonds. The second-order valence-corrected chi connectivity index (χ2v) is 6.05. The van der Waals surface area contributed by atoms with Crippen molar-refractivity contribution in [1.29, 1.82) is 0 Å². The van der Waals surface area contributed by atoms with E-state index in [1.54, 1.807) is 0 Å². The zero-order valence-corrected chi connectivity index (χ0v) is 11.0. The summed E-state index contributed by atoms with van der Waals surface area (Å²) < 4.78 is 0. The SMILES string of the molecule is CCCSC1CC(C)c2ccccc2C1N. The lowest BCUT2D eigenvalue weighted by Gasteiger charge is -2.34. The Labute approximate surface area is 103 Å². The maximum Gasteiger partial charge on any atom is 0.0418 e. The van der Waals surface area contributed by atoms with Crippen LogP contribution in [0.25, 0.3) is 0 Å². The van der Waals surface area contributed by atoms with Gasteiger partial charge in [0.05, 0.1) is 0 Å². The van der Waals surface area contributed by atoms with Crippen molar-refractivity contribution in [2.75, 3.05) is 5.75 Å². The highest BCUT2D eigenvalue weighted by Crippen LogP contribution is 2.41. The lowest BCUT2D eigenvalue weighted by Crippen LogP contribution is -2.31. The van der Waals surface area contributed by atoms with Gasteiger partial charge in [-0.2, -0.15) is 11.8 Å². The molecule has 1 aromatic carbocycles. The molecule has 0 saturated heterocycles. The zero-order valence-electron chi connectivity index (χ0n) is 10.1. The van der Waals surface area contributed by atoms with Gasteiger partial charge in [-0.3, -0.25) is 0 Å². The fraction of sp³-hybridized carbons (Fsp3) is 0.571. The molecule has 0 heterocycles. The van der Waals surface area contributed by atoms with Gasteiger partial charge >= 0.3 is 0 Å². The first-order valence-electron chi connectivity index (χ1n) is 6.20. The van der Waals surface area contributed by atoms with Crippen molar-refractivity contribution in [2.45, 2.75) is 43.9 Å². The molecule has 0 radical (unpaired) electrons. The molecule has 2 N–H and O–H groups in total. The molecule has 0 spiro atoms. The number of fused-ring (bicyclic) bond motifs is 1. The lowest BCUT2D eigenvalue weighted by molar-refractivity contribution is 0.527. The second-order valence-electron chi connectivity index (χ2n) is 4.70. The van der Waals surface area contributed by atoms with Gasteiger partial charge in [0.2, 0.25) is 0 Å². The Kier molecular flexibility index (Phi) is 3.93. The molecule has 0 bridgehead atoms. The Hall–Kier alpha value is -0.470. The Morgan fingerprint density at radius 1 is 1.31 bits per heavy atom. The maximum absolute atomic E-state index is 6.37. The van der Waals surface area contributed by atoms with Crippen LogP contribution in [-0.4, -0.2) is 11.0 Å². The van der Waals surface area contributed by atoms with Gasteiger partial charge in [0.25, 0.3) is 0 Å². The average molecular weight is 235 g/mol. The largest absolute Gasteiger partial charge is 0.323 e. The van der Waals surface area contributed by atoms with Gasteiger partial charge in [-0.05, 0) is 35.6 Å². The highest BCUT2D eigenvalue weighted by Gasteiger charge is 2.30. The van der Waals surface area contributed by atoms with Gasteiger partial charge in [0, 0.05) is 11.3 Å². The Bertz CT molecular complexity index is 350. The summed E-state index contributed by atoms with van der Waals surface area (Å²) in [5, 5.41) is 0.602. The third-order valence-corrected chi connectivity index (χ3v) is 4.97. The third kappa shape index (κ3) is 2.28. The molecule has 2 heteroatoms. The van der Waals surface area contributed by atoms with Crippen LogP contribution in [0, 0.1) is 0 Å². The van der Waals surface area contributed by atoms with Crippen molar-refractivity contribution in [3.05, 3.63) is 35.4 Å². The van der Waals surface area contributed by atoms with Crippen LogP contribution in [0.5, 0.6) is 0 Å². The second kappa shape index (κ2) is 5.24. The maximum atomic E-state index is 6.37. The van der Waals surface area contributed by atoms with E-state index in [0.717, 1.165) is 0 Å². The summed E-state index contributed by atoms with van der Waals surface area (Å²) in [6.07, 6.45) is 2.47. The van der Waals surface area contributed by atoms with Crippen molar-refractivity contribution < 1.29 is 0 Å². The van der Waals surface area contributed by atoms with E-state index in [9.17, 15) is 0 Å². The van der Waals surface area contributed by atoms with E-state index < -0.39 is 0 Å². The molecule has 2 rings (SSSR count). The summed E-state index contributed by atoms with van der Waals surface area (Å²) in [5.74, 6) is 1.89. The lowest BCUT2D eigenvalue weighted by atomic mass is 9.81. The van der Waals surface area contributed by atoms with Crippen LogP contribution in [0.2, 0.25) is 0 Å². The molecule has 3 atom stereocenters. The first-order valence-corrected chi connectivity index (χ1v) is 7.25. The molecule has 16 heavy (non-hydrogen) atoms. The average Bonchev–Trinajstić information content (AvgIpc) is 2.32. The molecule has 1 aliphatic rings. The monoisotopic (exact) mass is 235 g/mol. The van der Waals surface area contributed by atoms with Crippen molar-refractivity contribution in [2.24, 2.45) is 5.73 Å². The number of rotatable bonds is 3. The predicted octanol–water partition coefficient (Wildman–Crippen LogP) is 3.71. The molecule has 1 aromatic rings. The minimum atomic E-state index is 0.226. The van der Waals surface area contributed by atoms with E-state index in [4.69, 9.17) is 5.73 Å². The Morgan fingerprint density at radius 2 is 2.00 bits per heavy atom. The zero-order chi connectivity index (χ0) is 11.5. The van der Waals surface area contributed by atoms with Gasteiger partial charge in [-0.25, -0.2) is 0 Å². The molecule has 0 saturated carbocycles. The van der Waals surface area contributed by atoms with Crippen molar-refractivity contribution in [1.82, 2.24) is 0 Å². The van der Waals surface area contributed by atoms with Crippen LogP contribution in [0.4, 0.5) is 0 Å². The fourth-order valence-electron chi connectivity index (χ4n) is 2.53. The van der Waals surface area contributed by atoms with Crippen LogP contribution in [0.15, 0.2) is 24.3 Å².